The minimum Gasteiger partial charge on any atom is -0.493 e. The molecule has 49 heavy (non-hydrogen) atoms. The van der Waals surface area contributed by atoms with Gasteiger partial charge >= 0.3 is 12.2 Å². The van der Waals surface area contributed by atoms with Gasteiger partial charge in [0, 0.05) is 29.9 Å². The van der Waals surface area contributed by atoms with Crippen molar-refractivity contribution in [2.24, 2.45) is 5.73 Å². The lowest BCUT2D eigenvalue weighted by atomic mass is 9.99. The number of carbonyl (C=O) groups is 4. The lowest BCUT2D eigenvalue weighted by Crippen LogP contribution is -2.40. The van der Waals surface area contributed by atoms with Gasteiger partial charge in [0.1, 0.15) is 12.1 Å². The summed E-state index contributed by atoms with van der Waals surface area (Å²) in [6.07, 6.45) is -3.63. The summed E-state index contributed by atoms with van der Waals surface area (Å²) in [5, 5.41) is 14.4. The third kappa shape index (κ3) is 7.97. The monoisotopic (exact) mass is 698 g/mol. The van der Waals surface area contributed by atoms with Gasteiger partial charge in [0.25, 0.3) is 0 Å². The number of hydrogen-bond donors (Lipinski definition) is 4. The molecule has 0 aliphatic carbocycles. The van der Waals surface area contributed by atoms with Crippen molar-refractivity contribution in [2.75, 3.05) is 38.5 Å². The van der Waals surface area contributed by atoms with Gasteiger partial charge < -0.3 is 40.0 Å². The molecule has 16 heteroatoms. The molecule has 1 aliphatic heterocycles. The number of sulfone groups is 1. The lowest BCUT2D eigenvalue weighted by molar-refractivity contribution is -0.134. The van der Waals surface area contributed by atoms with Crippen LogP contribution < -0.4 is 25.8 Å². The Morgan fingerprint density at radius 1 is 0.939 bits per heavy atom. The third-order valence-corrected chi connectivity index (χ3v) is 10.2. The minimum atomic E-state index is -4.02. The van der Waals surface area contributed by atoms with Crippen molar-refractivity contribution in [1.29, 1.82) is 0 Å². The summed E-state index contributed by atoms with van der Waals surface area (Å²) >= 11 is 0. The smallest absolute Gasteiger partial charge is 0.493 e. The fourth-order valence-corrected chi connectivity index (χ4v) is 6.86. The molecule has 1 heterocycles. The first kappa shape index (κ1) is 36.3. The number of anilines is 2. The van der Waals surface area contributed by atoms with Crippen LogP contribution in [0.1, 0.15) is 53.8 Å². The number of hydrogen-bond acceptors (Lipinski definition) is 11. The highest BCUT2D eigenvalue weighted by molar-refractivity contribution is 7.92. The Morgan fingerprint density at radius 2 is 1.65 bits per heavy atom. The number of methoxy groups -OCH3 is 3. The number of amides is 3. The Labute approximate surface area is 283 Å². The number of nitrogens with two attached hydrogens (primary N) is 1. The van der Waals surface area contributed by atoms with Gasteiger partial charge in [0.15, 0.2) is 21.3 Å². The van der Waals surface area contributed by atoms with Crippen molar-refractivity contribution in [1.82, 2.24) is 4.90 Å². The molecule has 5 N–H and O–H groups in total. The van der Waals surface area contributed by atoms with E-state index in [0.29, 0.717) is 22.7 Å². The summed E-state index contributed by atoms with van der Waals surface area (Å²) in [7, 11) is 0.0177. The van der Waals surface area contributed by atoms with Crippen molar-refractivity contribution in [2.45, 2.75) is 48.6 Å². The van der Waals surface area contributed by atoms with Crippen LogP contribution in [0.25, 0.3) is 0 Å². The van der Waals surface area contributed by atoms with E-state index >= 15 is 0 Å². The molecule has 15 nitrogen and oxygen atoms in total. The molecular weight excluding hydrogens is 660 g/mol. The molecule has 0 spiro atoms. The number of benzene rings is 3. The number of rotatable bonds is 12. The molecule has 3 atom stereocenters. The van der Waals surface area contributed by atoms with Crippen molar-refractivity contribution < 1.29 is 51.6 Å². The van der Waals surface area contributed by atoms with Gasteiger partial charge in [-0.3, -0.25) is 14.9 Å². The van der Waals surface area contributed by atoms with Crippen molar-refractivity contribution >= 4 is 45.3 Å². The summed E-state index contributed by atoms with van der Waals surface area (Å²) in [6.45, 7) is 2.93. The molecule has 0 radical (unpaired) electrons. The maximum absolute atomic E-state index is 14.8. The summed E-state index contributed by atoms with van der Waals surface area (Å²) in [6, 6.07) is 12.5. The van der Waals surface area contributed by atoms with Crippen LogP contribution in [0.3, 0.4) is 0 Å². The first-order valence-corrected chi connectivity index (χ1v) is 16.6. The Balaban J connectivity index is 1.92. The first-order chi connectivity index (χ1) is 23.2. The second-order valence-electron chi connectivity index (χ2n) is 11.3. The van der Waals surface area contributed by atoms with Gasteiger partial charge in [-0.05, 0) is 73.5 Å². The van der Waals surface area contributed by atoms with E-state index in [1.54, 1.807) is 30.3 Å². The van der Waals surface area contributed by atoms with E-state index in [4.69, 9.17) is 24.7 Å². The van der Waals surface area contributed by atoms with Crippen LogP contribution in [-0.4, -0.2) is 81.7 Å². The van der Waals surface area contributed by atoms with E-state index < -0.39 is 57.3 Å². The number of ether oxygens (including phenoxy) is 4. The standard InChI is InChI=1S/C33H38N4O11S/c1-18(2)49(43,44)27-12-10-22(36-32(40)47-5)17-23(27)29-25(48-33(41)42)13-14-37(29)31(39)28(19-9-11-24(45-3)26(16-19)46-4)35-21-8-6-7-20(15-21)30(34)38/h6-12,15-18,25,28-29,35H,13-14H2,1-5H3,(H2,34,38)(H,36,40)(H,41,42)/t25?,28-,29-/m1/s1. The highest BCUT2D eigenvalue weighted by Gasteiger charge is 2.45. The quantitative estimate of drug-likeness (QED) is 0.194. The van der Waals surface area contributed by atoms with E-state index in [-0.39, 0.29) is 34.7 Å². The lowest BCUT2D eigenvalue weighted by Gasteiger charge is -2.33. The number of likely N-dealkylation sites (tertiary alicyclic amines) is 1. The molecule has 0 saturated carbocycles. The van der Waals surface area contributed by atoms with E-state index in [0.717, 1.165) is 7.11 Å². The Hall–Kier alpha value is -5.51. The van der Waals surface area contributed by atoms with Gasteiger partial charge in [-0.2, -0.15) is 0 Å². The van der Waals surface area contributed by atoms with Crippen molar-refractivity contribution in [3.8, 4) is 11.5 Å². The van der Waals surface area contributed by atoms with E-state index in [9.17, 15) is 32.7 Å². The Bertz CT molecular complexity index is 1850. The maximum Gasteiger partial charge on any atom is 0.506 e. The molecule has 3 aromatic carbocycles. The normalized spacial score (nSPS) is 16.4. The number of carbonyl (C=O) groups excluding carboxylic acids is 3. The molecule has 0 bridgehead atoms. The minimum absolute atomic E-state index is 0.0222. The summed E-state index contributed by atoms with van der Waals surface area (Å²) < 4.78 is 48.1. The SMILES string of the molecule is COC(=O)Nc1ccc(S(=O)(=O)C(C)C)c([C@@H]2C(OC(=O)O)CCN2C(=O)[C@H](Nc2cccc(C(N)=O)c2)c2ccc(OC)c(OC)c2)c1. The second-order valence-corrected chi connectivity index (χ2v) is 13.8. The van der Waals surface area contributed by atoms with Crippen LogP contribution in [-0.2, 0) is 24.1 Å². The number of carboxylic acid groups (broad SMARTS) is 1. The first-order valence-electron chi connectivity index (χ1n) is 15.0. The fourth-order valence-electron chi connectivity index (χ4n) is 5.59. The van der Waals surface area contributed by atoms with Gasteiger partial charge in [-0.15, -0.1) is 0 Å². The third-order valence-electron chi connectivity index (χ3n) is 8.01. The van der Waals surface area contributed by atoms with E-state index in [2.05, 4.69) is 10.6 Å². The number of nitrogens with one attached hydrogen (secondary N) is 2. The number of nitrogens with zero attached hydrogens (tertiary/aromatic N) is 1. The van der Waals surface area contributed by atoms with Crippen molar-refractivity contribution in [3.05, 3.63) is 77.4 Å². The highest BCUT2D eigenvalue weighted by Crippen LogP contribution is 2.42. The van der Waals surface area contributed by atoms with Crippen LogP contribution in [0.4, 0.5) is 21.0 Å². The average Bonchev–Trinajstić information content (AvgIpc) is 3.48. The second kappa shape index (κ2) is 15.1. The predicted octanol–water partition coefficient (Wildman–Crippen LogP) is 4.35. The largest absolute Gasteiger partial charge is 0.506 e. The molecule has 4 rings (SSSR count). The molecular formula is C33H38N4O11S. The molecule has 0 aromatic heterocycles. The Kier molecular flexibility index (Phi) is 11.2. The summed E-state index contributed by atoms with van der Waals surface area (Å²) in [5.74, 6) is -0.592. The summed E-state index contributed by atoms with van der Waals surface area (Å²) in [5.41, 5.74) is 6.58. The van der Waals surface area contributed by atoms with Crippen molar-refractivity contribution in [3.63, 3.8) is 0 Å². The molecule has 1 fully saturated rings. The molecule has 3 amide bonds. The molecule has 262 valence electrons. The molecule has 3 aromatic rings. The zero-order chi connectivity index (χ0) is 36.0. The van der Waals surface area contributed by atoms with E-state index in [1.807, 2.05) is 0 Å². The fraction of sp³-hybridized carbons (Fsp3) is 0.333. The maximum atomic E-state index is 14.8. The van der Waals surface area contributed by atoms with Crippen LogP contribution in [0, 0.1) is 0 Å². The average molecular weight is 699 g/mol. The van der Waals surface area contributed by atoms with Crippen LogP contribution in [0.5, 0.6) is 11.5 Å². The molecule has 1 aliphatic rings. The Morgan fingerprint density at radius 3 is 2.27 bits per heavy atom. The molecule has 1 unspecified atom stereocenters. The van der Waals surface area contributed by atoms with Crippen LogP contribution >= 0.6 is 0 Å². The van der Waals surface area contributed by atoms with E-state index in [1.165, 1.54) is 63.3 Å². The zero-order valence-electron chi connectivity index (χ0n) is 27.5. The topological polar surface area (TPSA) is 213 Å². The molecule has 1 saturated heterocycles. The van der Waals surface area contributed by atoms with Crippen LogP contribution in [0.15, 0.2) is 65.6 Å². The van der Waals surface area contributed by atoms with Gasteiger partial charge in [-0.1, -0.05) is 12.1 Å². The predicted molar refractivity (Wildman–Crippen MR) is 178 cm³/mol. The van der Waals surface area contributed by atoms with Gasteiger partial charge in [0.2, 0.25) is 11.8 Å². The summed E-state index contributed by atoms with van der Waals surface area (Å²) in [4.78, 5) is 51.9. The van der Waals surface area contributed by atoms with Crippen LogP contribution in [0.2, 0.25) is 0 Å². The highest BCUT2D eigenvalue weighted by atomic mass is 32.2. The van der Waals surface area contributed by atoms with Gasteiger partial charge in [-0.25, -0.2) is 18.0 Å². The van der Waals surface area contributed by atoms with Gasteiger partial charge in [0.05, 0.1) is 37.5 Å². The zero-order valence-corrected chi connectivity index (χ0v) is 28.3. The number of primary amides is 1.